The molecule has 1 heterocycles. The van der Waals surface area contributed by atoms with Gasteiger partial charge in [-0.1, -0.05) is 30.3 Å². The first kappa shape index (κ1) is 20.5. The van der Waals surface area contributed by atoms with Gasteiger partial charge in [0.1, 0.15) is 0 Å². The lowest BCUT2D eigenvalue weighted by molar-refractivity contribution is -0.137. The molecular formula is C21H20F3N3O2S. The molecule has 0 unspecified atom stereocenters. The number of nitrogens with one attached hydrogen (secondary N) is 2. The van der Waals surface area contributed by atoms with Crippen molar-refractivity contribution in [1.29, 1.82) is 0 Å². The molecule has 0 saturated carbocycles. The van der Waals surface area contributed by atoms with E-state index in [1.807, 2.05) is 18.2 Å². The van der Waals surface area contributed by atoms with E-state index in [1.54, 1.807) is 18.2 Å². The number of anilines is 2. The minimum Gasteiger partial charge on any atom is -0.368 e. The van der Waals surface area contributed by atoms with E-state index in [-0.39, 0.29) is 0 Å². The molecule has 0 radical (unpaired) electrons. The van der Waals surface area contributed by atoms with E-state index in [0.717, 1.165) is 55.5 Å². The van der Waals surface area contributed by atoms with Crippen LogP contribution in [0.4, 0.5) is 24.5 Å². The third-order valence-corrected chi connectivity index (χ3v) is 6.44. The van der Waals surface area contributed by atoms with Gasteiger partial charge in [-0.3, -0.25) is 4.72 Å². The zero-order chi connectivity index (χ0) is 21.4. The van der Waals surface area contributed by atoms with Gasteiger partial charge in [0.25, 0.3) is 10.0 Å². The number of hydrogen-bond acceptors (Lipinski definition) is 4. The van der Waals surface area contributed by atoms with Crippen LogP contribution in [0.5, 0.6) is 0 Å². The second kappa shape index (κ2) is 7.81. The van der Waals surface area contributed by atoms with E-state index >= 15 is 0 Å². The first-order valence-corrected chi connectivity index (χ1v) is 10.9. The zero-order valence-corrected chi connectivity index (χ0v) is 16.7. The molecule has 1 aliphatic heterocycles. The summed E-state index contributed by atoms with van der Waals surface area (Å²) in [5.41, 5.74) is 0.306. The summed E-state index contributed by atoms with van der Waals surface area (Å²) in [5, 5.41) is 4.86. The Bertz CT molecular complexity index is 1170. The van der Waals surface area contributed by atoms with Crippen LogP contribution in [-0.4, -0.2) is 34.6 Å². The molecule has 3 aromatic carbocycles. The smallest absolute Gasteiger partial charge is 0.368 e. The average molecular weight is 435 g/mol. The Morgan fingerprint density at radius 1 is 0.900 bits per heavy atom. The van der Waals surface area contributed by atoms with E-state index in [9.17, 15) is 21.6 Å². The van der Waals surface area contributed by atoms with Crippen LogP contribution in [0.15, 0.2) is 65.6 Å². The van der Waals surface area contributed by atoms with Crippen LogP contribution in [0.1, 0.15) is 5.56 Å². The van der Waals surface area contributed by atoms with Gasteiger partial charge in [0.2, 0.25) is 0 Å². The molecule has 1 aliphatic rings. The Labute approximate surface area is 172 Å². The molecule has 0 atom stereocenters. The first-order chi connectivity index (χ1) is 14.3. The van der Waals surface area contributed by atoms with Crippen molar-refractivity contribution in [3.63, 3.8) is 0 Å². The highest BCUT2D eigenvalue weighted by molar-refractivity contribution is 7.92. The minimum atomic E-state index is -4.62. The molecule has 0 aromatic heterocycles. The van der Waals surface area contributed by atoms with Crippen molar-refractivity contribution in [3.8, 4) is 0 Å². The molecular weight excluding hydrogens is 415 g/mol. The zero-order valence-electron chi connectivity index (χ0n) is 15.9. The fourth-order valence-corrected chi connectivity index (χ4v) is 4.72. The number of hydrogen-bond donors (Lipinski definition) is 2. The van der Waals surface area contributed by atoms with Gasteiger partial charge in [0.05, 0.1) is 16.1 Å². The van der Waals surface area contributed by atoms with Crippen molar-refractivity contribution in [2.24, 2.45) is 0 Å². The van der Waals surface area contributed by atoms with Gasteiger partial charge in [-0.25, -0.2) is 8.42 Å². The lowest BCUT2D eigenvalue weighted by atomic mass is 10.1. The lowest BCUT2D eigenvalue weighted by Crippen LogP contribution is -2.43. The van der Waals surface area contributed by atoms with Crippen LogP contribution < -0.4 is 14.9 Å². The summed E-state index contributed by atoms with van der Waals surface area (Å²) in [5.74, 6) is 0. The van der Waals surface area contributed by atoms with Crippen LogP contribution in [0.3, 0.4) is 0 Å². The summed E-state index contributed by atoms with van der Waals surface area (Å²) >= 11 is 0. The van der Waals surface area contributed by atoms with E-state index in [0.29, 0.717) is 17.1 Å². The number of piperazine rings is 1. The summed E-state index contributed by atoms with van der Waals surface area (Å²) in [4.78, 5) is 1.79. The van der Waals surface area contributed by atoms with Crippen LogP contribution in [-0.2, 0) is 16.2 Å². The van der Waals surface area contributed by atoms with Gasteiger partial charge >= 0.3 is 6.18 Å². The monoisotopic (exact) mass is 435 g/mol. The number of alkyl halides is 3. The van der Waals surface area contributed by atoms with Gasteiger partial charge in [0.15, 0.2) is 0 Å². The summed E-state index contributed by atoms with van der Waals surface area (Å²) in [6, 6.07) is 14.6. The molecule has 9 heteroatoms. The normalized spacial score (nSPS) is 15.4. The number of rotatable bonds is 4. The van der Waals surface area contributed by atoms with Crippen LogP contribution in [0.25, 0.3) is 10.8 Å². The second-order valence-corrected chi connectivity index (χ2v) is 8.73. The molecule has 1 saturated heterocycles. The number of halogens is 3. The van der Waals surface area contributed by atoms with Crippen molar-refractivity contribution >= 4 is 32.2 Å². The molecule has 0 aliphatic carbocycles. The van der Waals surface area contributed by atoms with E-state index in [4.69, 9.17) is 0 Å². The number of fused-ring (bicyclic) bond motifs is 1. The molecule has 0 bridgehead atoms. The minimum absolute atomic E-state index is 0.321. The number of nitrogens with zero attached hydrogens (tertiary/aromatic N) is 1. The van der Waals surface area contributed by atoms with Crippen molar-refractivity contribution in [3.05, 3.63) is 66.2 Å². The topological polar surface area (TPSA) is 61.4 Å². The Morgan fingerprint density at radius 2 is 1.60 bits per heavy atom. The molecule has 0 amide bonds. The van der Waals surface area contributed by atoms with Crippen molar-refractivity contribution in [2.75, 3.05) is 35.8 Å². The van der Waals surface area contributed by atoms with Gasteiger partial charge in [-0.05, 0) is 30.3 Å². The van der Waals surface area contributed by atoms with Crippen molar-refractivity contribution < 1.29 is 21.6 Å². The Kier molecular flexibility index (Phi) is 5.33. The maximum Gasteiger partial charge on any atom is 0.416 e. The van der Waals surface area contributed by atoms with Gasteiger partial charge < -0.3 is 10.2 Å². The molecule has 2 N–H and O–H groups in total. The highest BCUT2D eigenvalue weighted by atomic mass is 32.2. The average Bonchev–Trinajstić information content (AvgIpc) is 2.74. The van der Waals surface area contributed by atoms with Gasteiger partial charge in [-0.15, -0.1) is 0 Å². The predicted octanol–water partition coefficient (Wildman–Crippen LogP) is 4.07. The standard InChI is InChI=1S/C21H20F3N3O2S/c22-21(23,24)15-4-3-5-16(14-15)30(28,29)26-19-8-9-20(27-12-10-25-11-13-27)18-7-2-1-6-17(18)19/h1-9,14,25-26H,10-13H2. The highest BCUT2D eigenvalue weighted by Gasteiger charge is 2.31. The third-order valence-electron chi connectivity index (χ3n) is 5.07. The van der Waals surface area contributed by atoms with E-state index in [2.05, 4.69) is 14.9 Å². The summed E-state index contributed by atoms with van der Waals surface area (Å²) in [6.45, 7) is 3.38. The molecule has 30 heavy (non-hydrogen) atoms. The maximum absolute atomic E-state index is 13.0. The summed E-state index contributed by atoms with van der Waals surface area (Å²) in [6.07, 6.45) is -4.62. The fraction of sp³-hybridized carbons (Fsp3) is 0.238. The van der Waals surface area contributed by atoms with Crippen molar-refractivity contribution in [1.82, 2.24) is 5.32 Å². The Morgan fingerprint density at radius 3 is 2.30 bits per heavy atom. The van der Waals surface area contributed by atoms with Gasteiger partial charge in [-0.2, -0.15) is 13.2 Å². The largest absolute Gasteiger partial charge is 0.416 e. The number of sulfonamides is 1. The van der Waals surface area contributed by atoms with E-state index in [1.165, 1.54) is 0 Å². The van der Waals surface area contributed by atoms with Gasteiger partial charge in [0, 0.05) is 42.6 Å². The van der Waals surface area contributed by atoms with Crippen molar-refractivity contribution in [2.45, 2.75) is 11.1 Å². The molecule has 4 rings (SSSR count). The van der Waals surface area contributed by atoms with Crippen LogP contribution in [0.2, 0.25) is 0 Å². The third kappa shape index (κ3) is 4.08. The van der Waals surface area contributed by atoms with Crippen LogP contribution in [0, 0.1) is 0 Å². The molecule has 5 nitrogen and oxygen atoms in total. The predicted molar refractivity (Wildman–Crippen MR) is 111 cm³/mol. The molecule has 3 aromatic rings. The summed E-state index contributed by atoms with van der Waals surface area (Å²) < 4.78 is 67.1. The fourth-order valence-electron chi connectivity index (χ4n) is 3.60. The Balaban J connectivity index is 1.72. The highest BCUT2D eigenvalue weighted by Crippen LogP contribution is 2.35. The maximum atomic E-state index is 13.0. The second-order valence-electron chi connectivity index (χ2n) is 7.05. The first-order valence-electron chi connectivity index (χ1n) is 9.43. The lowest BCUT2D eigenvalue weighted by Gasteiger charge is -2.30. The van der Waals surface area contributed by atoms with E-state index < -0.39 is 26.7 Å². The quantitative estimate of drug-likeness (QED) is 0.649. The summed E-state index contributed by atoms with van der Waals surface area (Å²) in [7, 11) is -4.20. The number of benzene rings is 3. The Hall–Kier alpha value is -2.78. The van der Waals surface area contributed by atoms with Crippen LogP contribution >= 0.6 is 0 Å². The molecule has 1 fully saturated rings. The SMILES string of the molecule is O=S(=O)(Nc1ccc(N2CCNCC2)c2ccccc12)c1cccc(C(F)(F)F)c1. The molecule has 0 spiro atoms. The molecule has 158 valence electrons.